The van der Waals surface area contributed by atoms with Crippen molar-refractivity contribution < 1.29 is 4.79 Å². The second-order valence-corrected chi connectivity index (χ2v) is 7.18. The van der Waals surface area contributed by atoms with E-state index in [1.54, 1.807) is 23.4 Å². The average Bonchev–Trinajstić information content (AvgIpc) is 3.32. The standard InChI is InChI=1S/C20H20N8O/c1-14-3-2-4-15(7-14)25-18(29)11-26-9-16(23-13-26)10-27-5-6-28-19-17(8-24-28)21-12-22-20(19)27/h2-4,7-9,12-13H,5-6,10-11H2,1H3,(H,25,29). The van der Waals surface area contributed by atoms with Gasteiger partial charge in [0.25, 0.3) is 0 Å². The highest BCUT2D eigenvalue weighted by atomic mass is 16.1. The Labute approximate surface area is 167 Å². The van der Waals surface area contributed by atoms with Gasteiger partial charge in [-0.3, -0.25) is 9.48 Å². The highest BCUT2D eigenvalue weighted by Gasteiger charge is 2.22. The van der Waals surface area contributed by atoms with Crippen LogP contribution in [0.25, 0.3) is 11.0 Å². The molecular weight excluding hydrogens is 368 g/mol. The summed E-state index contributed by atoms with van der Waals surface area (Å²) < 4.78 is 3.74. The first-order valence-electron chi connectivity index (χ1n) is 9.44. The number of imidazole rings is 1. The lowest BCUT2D eigenvalue weighted by atomic mass is 10.2. The van der Waals surface area contributed by atoms with E-state index in [9.17, 15) is 4.79 Å². The monoisotopic (exact) mass is 388 g/mol. The number of aromatic nitrogens is 6. The summed E-state index contributed by atoms with van der Waals surface area (Å²) in [6.45, 7) is 4.40. The molecule has 0 atom stereocenters. The van der Waals surface area contributed by atoms with Crippen LogP contribution in [0, 0.1) is 6.92 Å². The molecule has 0 bridgehead atoms. The van der Waals surface area contributed by atoms with Gasteiger partial charge in [-0.25, -0.2) is 15.0 Å². The number of carbonyl (C=O) groups excluding carboxylic acids is 1. The summed E-state index contributed by atoms with van der Waals surface area (Å²) in [5, 5.41) is 7.29. The van der Waals surface area contributed by atoms with Crippen LogP contribution in [0.2, 0.25) is 0 Å². The summed E-state index contributed by atoms with van der Waals surface area (Å²) in [5.41, 5.74) is 4.59. The lowest BCUT2D eigenvalue weighted by Crippen LogP contribution is -2.32. The molecule has 1 amide bonds. The molecule has 1 aliphatic heterocycles. The first kappa shape index (κ1) is 17.4. The fourth-order valence-corrected chi connectivity index (χ4v) is 3.64. The number of anilines is 2. The van der Waals surface area contributed by atoms with Crippen LogP contribution in [-0.2, 0) is 24.4 Å². The van der Waals surface area contributed by atoms with E-state index in [2.05, 4.69) is 30.3 Å². The second kappa shape index (κ2) is 7.01. The van der Waals surface area contributed by atoms with Crippen LogP contribution in [0.15, 0.2) is 49.3 Å². The largest absolute Gasteiger partial charge is 0.347 e. The maximum absolute atomic E-state index is 12.3. The molecule has 4 aromatic rings. The molecule has 0 saturated heterocycles. The number of carbonyl (C=O) groups is 1. The minimum atomic E-state index is -0.0843. The fraction of sp³-hybridized carbons (Fsp3) is 0.250. The normalized spacial score (nSPS) is 13.1. The zero-order valence-electron chi connectivity index (χ0n) is 16.0. The number of nitrogens with zero attached hydrogens (tertiary/aromatic N) is 7. The number of aryl methyl sites for hydroxylation is 1. The van der Waals surface area contributed by atoms with Gasteiger partial charge in [-0.05, 0) is 24.6 Å². The van der Waals surface area contributed by atoms with Crippen LogP contribution in [0.3, 0.4) is 0 Å². The van der Waals surface area contributed by atoms with Crippen LogP contribution in [0.4, 0.5) is 11.5 Å². The molecule has 0 aliphatic carbocycles. The summed E-state index contributed by atoms with van der Waals surface area (Å²) in [5.74, 6) is 0.782. The Morgan fingerprint density at radius 3 is 3.03 bits per heavy atom. The van der Waals surface area contributed by atoms with E-state index in [-0.39, 0.29) is 12.5 Å². The molecule has 4 heterocycles. The summed E-state index contributed by atoms with van der Waals surface area (Å²) in [4.78, 5) is 27.7. The molecule has 0 saturated carbocycles. The van der Waals surface area contributed by atoms with Gasteiger partial charge in [0, 0.05) is 18.4 Å². The first-order chi connectivity index (χ1) is 14.2. The van der Waals surface area contributed by atoms with Crippen molar-refractivity contribution in [3.8, 4) is 0 Å². The van der Waals surface area contributed by atoms with Gasteiger partial charge in [-0.1, -0.05) is 12.1 Å². The number of amides is 1. The van der Waals surface area contributed by atoms with Crippen molar-refractivity contribution in [2.45, 2.75) is 26.6 Å². The van der Waals surface area contributed by atoms with Gasteiger partial charge in [-0.15, -0.1) is 0 Å². The molecule has 146 valence electrons. The topological polar surface area (TPSA) is 93.8 Å². The maximum Gasteiger partial charge on any atom is 0.244 e. The number of benzene rings is 1. The molecule has 1 aromatic carbocycles. The van der Waals surface area contributed by atoms with Crippen LogP contribution in [0.5, 0.6) is 0 Å². The van der Waals surface area contributed by atoms with Gasteiger partial charge in [0.1, 0.15) is 23.9 Å². The molecular formula is C20H20N8O. The number of rotatable bonds is 5. The van der Waals surface area contributed by atoms with Crippen molar-refractivity contribution in [2.75, 3.05) is 16.8 Å². The predicted octanol–water partition coefficient (Wildman–Crippen LogP) is 1.99. The smallest absolute Gasteiger partial charge is 0.244 e. The van der Waals surface area contributed by atoms with E-state index >= 15 is 0 Å². The highest BCUT2D eigenvalue weighted by Crippen LogP contribution is 2.27. The molecule has 9 heteroatoms. The third-order valence-electron chi connectivity index (χ3n) is 4.96. The van der Waals surface area contributed by atoms with Crippen LogP contribution >= 0.6 is 0 Å². The molecule has 0 fully saturated rings. The van der Waals surface area contributed by atoms with Crippen molar-refractivity contribution in [2.24, 2.45) is 0 Å². The predicted molar refractivity (Wildman–Crippen MR) is 108 cm³/mol. The Morgan fingerprint density at radius 2 is 2.14 bits per heavy atom. The Morgan fingerprint density at radius 1 is 1.21 bits per heavy atom. The van der Waals surface area contributed by atoms with E-state index < -0.39 is 0 Å². The van der Waals surface area contributed by atoms with Gasteiger partial charge in [0.15, 0.2) is 5.82 Å². The number of hydrogen-bond acceptors (Lipinski definition) is 6. The van der Waals surface area contributed by atoms with E-state index in [1.807, 2.05) is 42.1 Å². The molecule has 29 heavy (non-hydrogen) atoms. The SMILES string of the molecule is Cc1cccc(NC(=O)Cn2cnc(CN3CCn4ncc5ncnc3c54)c2)c1. The molecule has 5 rings (SSSR count). The second-order valence-electron chi connectivity index (χ2n) is 7.18. The first-order valence-corrected chi connectivity index (χ1v) is 9.44. The van der Waals surface area contributed by atoms with Crippen LogP contribution in [-0.4, -0.2) is 41.8 Å². The summed E-state index contributed by atoms with van der Waals surface area (Å²) in [6, 6.07) is 7.75. The minimum Gasteiger partial charge on any atom is -0.347 e. The third-order valence-corrected chi connectivity index (χ3v) is 4.96. The van der Waals surface area contributed by atoms with Crippen molar-refractivity contribution in [3.63, 3.8) is 0 Å². The zero-order valence-corrected chi connectivity index (χ0v) is 16.0. The molecule has 3 aromatic heterocycles. The lowest BCUT2D eigenvalue weighted by molar-refractivity contribution is -0.116. The van der Waals surface area contributed by atoms with Crippen molar-refractivity contribution in [1.29, 1.82) is 0 Å². The molecule has 0 unspecified atom stereocenters. The Kier molecular flexibility index (Phi) is 4.19. The Bertz CT molecular complexity index is 1190. The Hall–Kier alpha value is -3.75. The fourth-order valence-electron chi connectivity index (χ4n) is 3.64. The van der Waals surface area contributed by atoms with Crippen molar-refractivity contribution >= 4 is 28.4 Å². The minimum absolute atomic E-state index is 0.0843. The van der Waals surface area contributed by atoms with E-state index in [4.69, 9.17) is 0 Å². The van der Waals surface area contributed by atoms with Gasteiger partial charge in [-0.2, -0.15) is 5.10 Å². The van der Waals surface area contributed by atoms with Crippen LogP contribution in [0.1, 0.15) is 11.3 Å². The zero-order chi connectivity index (χ0) is 19.8. The molecule has 9 nitrogen and oxygen atoms in total. The molecule has 1 aliphatic rings. The molecule has 1 N–H and O–H groups in total. The quantitative estimate of drug-likeness (QED) is 0.562. The molecule has 0 spiro atoms. The van der Waals surface area contributed by atoms with Crippen molar-refractivity contribution in [3.05, 3.63) is 60.6 Å². The van der Waals surface area contributed by atoms with Gasteiger partial charge >= 0.3 is 0 Å². The maximum atomic E-state index is 12.3. The third kappa shape index (κ3) is 3.42. The van der Waals surface area contributed by atoms with E-state index in [1.165, 1.54) is 0 Å². The summed E-state index contributed by atoms with van der Waals surface area (Å²) in [7, 11) is 0. The average molecular weight is 388 g/mol. The van der Waals surface area contributed by atoms with Gasteiger partial charge in [0.05, 0.1) is 31.3 Å². The van der Waals surface area contributed by atoms with Gasteiger partial charge in [0.2, 0.25) is 5.91 Å². The van der Waals surface area contributed by atoms with E-state index in [0.29, 0.717) is 6.54 Å². The van der Waals surface area contributed by atoms with Crippen LogP contribution < -0.4 is 10.2 Å². The summed E-state index contributed by atoms with van der Waals surface area (Å²) in [6.07, 6.45) is 6.93. The number of nitrogens with one attached hydrogen (secondary N) is 1. The Balaban J connectivity index is 1.27. The van der Waals surface area contributed by atoms with E-state index in [0.717, 1.165) is 46.9 Å². The number of hydrogen-bond donors (Lipinski definition) is 1. The summed E-state index contributed by atoms with van der Waals surface area (Å²) >= 11 is 0. The lowest BCUT2D eigenvalue weighted by Gasteiger charge is -2.27. The molecule has 0 radical (unpaired) electrons. The highest BCUT2D eigenvalue weighted by molar-refractivity contribution is 5.90. The van der Waals surface area contributed by atoms with Crippen molar-refractivity contribution in [1.82, 2.24) is 29.3 Å². The van der Waals surface area contributed by atoms with Gasteiger partial charge < -0.3 is 14.8 Å².